The fourth-order valence-electron chi connectivity index (χ4n) is 9.23. The van der Waals surface area contributed by atoms with E-state index < -0.39 is 11.2 Å². The first-order valence-corrected chi connectivity index (χ1v) is 13.0. The van der Waals surface area contributed by atoms with Gasteiger partial charge in [-0.1, -0.05) is 19.8 Å². The maximum Gasteiger partial charge on any atom is 0.0848 e. The zero-order valence-corrected chi connectivity index (χ0v) is 20.4. The molecule has 0 aromatic carbocycles. The van der Waals surface area contributed by atoms with Gasteiger partial charge in [-0.15, -0.1) is 6.42 Å². The standard InChI is InChI=1S/C28H42N2O2/c1-6-19-15-29-30(16-19)17-28(5,32)25-10-9-24-22-8-7-20-14-27(4,31)18(2)13-23(20)21(22)11-12-26(24,25)3/h1,15-16,18,20-25,31-32H,7-14,17H2,2-5H3/t18-,20-,21+,22-,23+,24+,25+,26+,27+,28-/m1/s1. The molecule has 4 heteroatoms. The van der Waals surface area contributed by atoms with Crippen molar-refractivity contribution in [3.8, 4) is 12.3 Å². The van der Waals surface area contributed by atoms with Crippen LogP contribution in [-0.4, -0.2) is 31.2 Å². The highest BCUT2D eigenvalue weighted by atomic mass is 16.3. The highest BCUT2D eigenvalue weighted by Gasteiger charge is 2.61. The van der Waals surface area contributed by atoms with Gasteiger partial charge in [0.15, 0.2) is 0 Å². The van der Waals surface area contributed by atoms with E-state index in [1.54, 1.807) is 6.20 Å². The molecular weight excluding hydrogens is 396 g/mol. The molecule has 32 heavy (non-hydrogen) atoms. The number of nitrogens with zero attached hydrogens (tertiary/aromatic N) is 2. The van der Waals surface area contributed by atoms with E-state index >= 15 is 0 Å². The molecule has 0 saturated heterocycles. The van der Waals surface area contributed by atoms with Gasteiger partial charge in [-0.3, -0.25) is 4.68 Å². The lowest BCUT2D eigenvalue weighted by Crippen LogP contribution is -2.54. The summed E-state index contributed by atoms with van der Waals surface area (Å²) in [5.74, 6) is 7.16. The lowest BCUT2D eigenvalue weighted by Gasteiger charge is -2.58. The summed E-state index contributed by atoms with van der Waals surface area (Å²) in [7, 11) is 0. The molecule has 0 radical (unpaired) electrons. The van der Waals surface area contributed by atoms with Crippen molar-refractivity contribution in [3.05, 3.63) is 18.0 Å². The predicted octanol–water partition coefficient (Wildman–Crippen LogP) is 4.88. The van der Waals surface area contributed by atoms with Gasteiger partial charge in [-0.25, -0.2) is 0 Å². The van der Waals surface area contributed by atoms with Crippen LogP contribution in [0.3, 0.4) is 0 Å². The van der Waals surface area contributed by atoms with Gasteiger partial charge in [-0.05, 0) is 112 Å². The fourth-order valence-corrected chi connectivity index (χ4v) is 9.23. The number of rotatable bonds is 3. The van der Waals surface area contributed by atoms with Crippen LogP contribution in [0.2, 0.25) is 0 Å². The highest BCUT2D eigenvalue weighted by Crippen LogP contribution is 2.66. The van der Waals surface area contributed by atoms with Crippen LogP contribution < -0.4 is 0 Å². The second-order valence-corrected chi connectivity index (χ2v) is 12.7. The van der Waals surface area contributed by atoms with Gasteiger partial charge in [0.05, 0.1) is 29.5 Å². The molecular formula is C28H42N2O2. The summed E-state index contributed by atoms with van der Waals surface area (Å²) in [5, 5.41) is 27.0. The second kappa shape index (κ2) is 7.60. The Bertz CT molecular complexity index is 895. The Hall–Kier alpha value is -1.31. The summed E-state index contributed by atoms with van der Waals surface area (Å²) >= 11 is 0. The number of hydrogen-bond donors (Lipinski definition) is 2. The molecule has 1 heterocycles. The van der Waals surface area contributed by atoms with Crippen LogP contribution in [0.5, 0.6) is 0 Å². The van der Waals surface area contributed by atoms with Crippen LogP contribution in [0, 0.1) is 59.2 Å². The minimum atomic E-state index is -0.788. The average molecular weight is 439 g/mol. The molecule has 4 fully saturated rings. The lowest BCUT2D eigenvalue weighted by molar-refractivity contribution is -0.138. The van der Waals surface area contributed by atoms with Gasteiger partial charge in [0.25, 0.3) is 0 Å². The third kappa shape index (κ3) is 3.46. The van der Waals surface area contributed by atoms with E-state index in [1.807, 2.05) is 17.8 Å². The summed E-state index contributed by atoms with van der Waals surface area (Å²) in [6.07, 6.45) is 18.8. The molecule has 4 saturated carbocycles. The quantitative estimate of drug-likeness (QED) is 0.661. The zero-order chi connectivity index (χ0) is 22.9. The van der Waals surface area contributed by atoms with Crippen molar-refractivity contribution in [2.75, 3.05) is 0 Å². The molecule has 4 aliphatic rings. The third-order valence-corrected chi connectivity index (χ3v) is 10.9. The summed E-state index contributed by atoms with van der Waals surface area (Å²) in [6.45, 7) is 9.34. The normalized spacial score (nSPS) is 47.6. The van der Waals surface area contributed by atoms with E-state index in [1.165, 1.54) is 38.5 Å². The van der Waals surface area contributed by atoms with Crippen molar-refractivity contribution in [2.45, 2.75) is 96.8 Å². The first-order valence-electron chi connectivity index (χ1n) is 13.0. The Morgan fingerprint density at radius 1 is 1.19 bits per heavy atom. The molecule has 1 aromatic heterocycles. The van der Waals surface area contributed by atoms with Crippen molar-refractivity contribution >= 4 is 0 Å². The average Bonchev–Trinajstić information content (AvgIpc) is 3.32. The maximum absolute atomic E-state index is 11.7. The Balaban J connectivity index is 1.34. The molecule has 4 aliphatic carbocycles. The Morgan fingerprint density at radius 2 is 1.97 bits per heavy atom. The van der Waals surface area contributed by atoms with Gasteiger partial charge >= 0.3 is 0 Å². The highest BCUT2D eigenvalue weighted by molar-refractivity contribution is 5.26. The molecule has 2 N–H and O–H groups in total. The van der Waals surface area contributed by atoms with Crippen molar-refractivity contribution in [1.29, 1.82) is 0 Å². The number of aliphatic hydroxyl groups is 2. The molecule has 0 bridgehead atoms. The van der Waals surface area contributed by atoms with Crippen LogP contribution in [0.25, 0.3) is 0 Å². The summed E-state index contributed by atoms with van der Waals surface area (Å²) < 4.78 is 1.83. The van der Waals surface area contributed by atoms with Gasteiger partial charge in [0.2, 0.25) is 0 Å². The fraction of sp³-hybridized carbons (Fsp3) is 0.821. The van der Waals surface area contributed by atoms with E-state index in [-0.39, 0.29) is 5.41 Å². The summed E-state index contributed by atoms with van der Waals surface area (Å²) in [5.41, 5.74) is -0.302. The van der Waals surface area contributed by atoms with E-state index in [9.17, 15) is 10.2 Å². The van der Waals surface area contributed by atoms with Crippen molar-refractivity contribution in [3.63, 3.8) is 0 Å². The SMILES string of the molecule is C#Cc1cnn(C[C@@](C)(O)[C@H]2CC[C@H]3[C@@H]4CC[C@@H]5C[C@](C)(O)[C@H](C)C[C@@H]5[C@H]4CC[C@@]32C)c1. The van der Waals surface area contributed by atoms with Gasteiger partial charge in [0.1, 0.15) is 0 Å². The molecule has 0 aliphatic heterocycles. The first kappa shape index (κ1) is 22.5. The number of fused-ring (bicyclic) bond motifs is 5. The Morgan fingerprint density at radius 3 is 2.69 bits per heavy atom. The topological polar surface area (TPSA) is 58.3 Å². The summed E-state index contributed by atoms with van der Waals surface area (Å²) in [4.78, 5) is 0. The zero-order valence-electron chi connectivity index (χ0n) is 20.4. The second-order valence-electron chi connectivity index (χ2n) is 12.7. The smallest absolute Gasteiger partial charge is 0.0848 e. The van der Waals surface area contributed by atoms with Gasteiger partial charge in [-0.2, -0.15) is 5.10 Å². The van der Waals surface area contributed by atoms with E-state index in [0.29, 0.717) is 24.3 Å². The minimum absolute atomic E-state index is 0.200. The van der Waals surface area contributed by atoms with Crippen molar-refractivity contribution in [2.24, 2.45) is 46.8 Å². The molecule has 4 nitrogen and oxygen atoms in total. The molecule has 0 amide bonds. The van der Waals surface area contributed by atoms with E-state index in [4.69, 9.17) is 6.42 Å². The largest absolute Gasteiger partial charge is 0.390 e. The van der Waals surface area contributed by atoms with E-state index in [0.717, 1.165) is 42.1 Å². The Labute approximate surface area is 194 Å². The van der Waals surface area contributed by atoms with Crippen LogP contribution in [-0.2, 0) is 6.54 Å². The molecule has 1 aromatic rings. The van der Waals surface area contributed by atoms with E-state index in [2.05, 4.69) is 31.8 Å². The third-order valence-electron chi connectivity index (χ3n) is 10.9. The maximum atomic E-state index is 11.7. The summed E-state index contributed by atoms with van der Waals surface area (Å²) in [6, 6.07) is 0. The number of terminal acetylenes is 1. The molecule has 0 spiro atoms. The van der Waals surface area contributed by atoms with Crippen LogP contribution in [0.1, 0.15) is 84.6 Å². The molecule has 10 atom stereocenters. The van der Waals surface area contributed by atoms with Crippen LogP contribution >= 0.6 is 0 Å². The number of aromatic nitrogens is 2. The van der Waals surface area contributed by atoms with Crippen molar-refractivity contribution < 1.29 is 10.2 Å². The van der Waals surface area contributed by atoms with Crippen LogP contribution in [0.4, 0.5) is 0 Å². The van der Waals surface area contributed by atoms with Gasteiger partial charge in [0, 0.05) is 6.20 Å². The lowest BCUT2D eigenvalue weighted by atomic mass is 9.47. The molecule has 0 unspecified atom stereocenters. The van der Waals surface area contributed by atoms with Gasteiger partial charge < -0.3 is 10.2 Å². The predicted molar refractivity (Wildman–Crippen MR) is 127 cm³/mol. The van der Waals surface area contributed by atoms with Crippen LogP contribution in [0.15, 0.2) is 12.4 Å². The van der Waals surface area contributed by atoms with Crippen molar-refractivity contribution in [1.82, 2.24) is 9.78 Å². The molecule has 176 valence electrons. The Kier molecular flexibility index (Phi) is 5.34. The monoisotopic (exact) mass is 438 g/mol. The minimum Gasteiger partial charge on any atom is -0.390 e. The number of hydrogen-bond acceptors (Lipinski definition) is 3. The molecule has 5 rings (SSSR count). The first-order chi connectivity index (χ1) is 15.0.